The van der Waals surface area contributed by atoms with Gasteiger partial charge in [0.1, 0.15) is 0 Å². The molecule has 0 aliphatic carbocycles. The first kappa shape index (κ1) is 18.6. The van der Waals surface area contributed by atoms with E-state index in [9.17, 15) is 4.79 Å². The first-order valence-corrected chi connectivity index (χ1v) is 9.93. The lowest BCUT2D eigenvalue weighted by Crippen LogP contribution is -2.39. The van der Waals surface area contributed by atoms with Gasteiger partial charge in [0, 0.05) is 47.0 Å². The fourth-order valence-corrected chi connectivity index (χ4v) is 3.84. The molecular formula is C23H22ClN3O. The molecule has 0 radical (unpaired) electrons. The summed E-state index contributed by atoms with van der Waals surface area (Å²) in [5, 5.41) is 0.581. The Morgan fingerprint density at radius 1 is 1.14 bits per heavy atom. The van der Waals surface area contributed by atoms with E-state index in [-0.39, 0.29) is 11.8 Å². The maximum atomic E-state index is 12.9. The Morgan fingerprint density at radius 2 is 1.96 bits per heavy atom. The van der Waals surface area contributed by atoms with Crippen LogP contribution in [-0.2, 0) is 0 Å². The summed E-state index contributed by atoms with van der Waals surface area (Å²) in [5.41, 5.74) is 3.85. The van der Waals surface area contributed by atoms with Crippen LogP contribution in [0.3, 0.4) is 0 Å². The quantitative estimate of drug-likeness (QED) is 0.622. The minimum Gasteiger partial charge on any atom is -0.338 e. The molecule has 2 aromatic carbocycles. The summed E-state index contributed by atoms with van der Waals surface area (Å²) < 4.78 is 0. The second-order valence-electron chi connectivity index (χ2n) is 7.27. The van der Waals surface area contributed by atoms with Gasteiger partial charge in [0.2, 0.25) is 0 Å². The van der Waals surface area contributed by atoms with Crippen molar-refractivity contribution in [3.05, 3.63) is 82.6 Å². The molecule has 0 bridgehead atoms. The lowest BCUT2D eigenvalue weighted by atomic mass is 9.94. The number of carbonyl (C=O) groups is 1. The van der Waals surface area contributed by atoms with Crippen molar-refractivity contribution in [1.29, 1.82) is 0 Å². The summed E-state index contributed by atoms with van der Waals surface area (Å²) in [7, 11) is 0. The van der Waals surface area contributed by atoms with E-state index >= 15 is 0 Å². The zero-order valence-corrected chi connectivity index (χ0v) is 16.6. The molecule has 1 amide bonds. The van der Waals surface area contributed by atoms with Crippen LogP contribution >= 0.6 is 11.6 Å². The number of nitrogens with zero attached hydrogens (tertiary/aromatic N) is 3. The lowest BCUT2D eigenvalue weighted by Gasteiger charge is -2.32. The Bertz CT molecular complexity index is 987. The van der Waals surface area contributed by atoms with Crippen molar-refractivity contribution < 1.29 is 4.79 Å². The van der Waals surface area contributed by atoms with Crippen molar-refractivity contribution in [3.63, 3.8) is 0 Å². The highest BCUT2D eigenvalue weighted by molar-refractivity contribution is 6.30. The smallest absolute Gasteiger partial charge is 0.253 e. The molecule has 1 atom stereocenters. The number of hydrogen-bond acceptors (Lipinski definition) is 3. The van der Waals surface area contributed by atoms with Crippen LogP contribution in [0.4, 0.5) is 0 Å². The van der Waals surface area contributed by atoms with Crippen LogP contribution in [-0.4, -0.2) is 33.9 Å². The molecule has 1 aliphatic heterocycles. The molecule has 142 valence electrons. The first-order chi connectivity index (χ1) is 13.6. The number of likely N-dealkylation sites (tertiary alicyclic amines) is 1. The van der Waals surface area contributed by atoms with E-state index in [4.69, 9.17) is 16.6 Å². The highest BCUT2D eigenvalue weighted by Gasteiger charge is 2.26. The van der Waals surface area contributed by atoms with E-state index in [1.54, 1.807) is 12.1 Å². The molecule has 1 aliphatic rings. The minimum atomic E-state index is 0.0278. The molecule has 0 spiro atoms. The number of amides is 1. The molecule has 28 heavy (non-hydrogen) atoms. The van der Waals surface area contributed by atoms with Gasteiger partial charge in [-0.1, -0.05) is 47.5 Å². The van der Waals surface area contributed by atoms with Gasteiger partial charge in [0.15, 0.2) is 5.82 Å². The number of benzene rings is 2. The van der Waals surface area contributed by atoms with E-state index in [2.05, 4.69) is 24.0 Å². The van der Waals surface area contributed by atoms with Crippen molar-refractivity contribution in [2.24, 2.45) is 0 Å². The van der Waals surface area contributed by atoms with Crippen molar-refractivity contribution in [2.75, 3.05) is 13.1 Å². The standard InChI is InChI=1S/C23H22ClN3O/c1-16-7-9-17(10-8-16)22-25-12-11-21(26-22)19-5-3-13-27(15-19)23(28)18-4-2-6-20(24)14-18/h2,4,6-12,14,19H,3,5,13,15H2,1H3/t19-/m0/s1. The molecule has 4 nitrogen and oxygen atoms in total. The molecular weight excluding hydrogens is 370 g/mol. The van der Waals surface area contributed by atoms with E-state index in [0.717, 1.165) is 36.5 Å². The highest BCUT2D eigenvalue weighted by atomic mass is 35.5. The average Bonchev–Trinajstić information content (AvgIpc) is 2.74. The first-order valence-electron chi connectivity index (χ1n) is 9.55. The van der Waals surface area contributed by atoms with Crippen molar-refractivity contribution in [2.45, 2.75) is 25.7 Å². The Labute approximate surface area is 170 Å². The number of piperidine rings is 1. The minimum absolute atomic E-state index is 0.0278. The fourth-order valence-electron chi connectivity index (χ4n) is 3.65. The molecule has 0 unspecified atom stereocenters. The van der Waals surface area contributed by atoms with E-state index in [0.29, 0.717) is 17.1 Å². The maximum absolute atomic E-state index is 12.9. The molecule has 0 saturated carbocycles. The van der Waals surface area contributed by atoms with Crippen LogP contribution in [0.15, 0.2) is 60.8 Å². The zero-order valence-electron chi connectivity index (χ0n) is 15.8. The van der Waals surface area contributed by atoms with E-state index in [1.807, 2.05) is 41.4 Å². The van der Waals surface area contributed by atoms with Crippen LogP contribution in [0.5, 0.6) is 0 Å². The highest BCUT2D eigenvalue weighted by Crippen LogP contribution is 2.28. The third-order valence-electron chi connectivity index (χ3n) is 5.19. The molecule has 1 saturated heterocycles. The van der Waals surface area contributed by atoms with Gasteiger partial charge < -0.3 is 4.90 Å². The molecule has 5 heteroatoms. The van der Waals surface area contributed by atoms with Gasteiger partial charge in [-0.2, -0.15) is 0 Å². The SMILES string of the molecule is Cc1ccc(-c2nccc([C@H]3CCCN(C(=O)c4cccc(Cl)c4)C3)n2)cc1. The summed E-state index contributed by atoms with van der Waals surface area (Å²) in [4.78, 5) is 24.0. The number of aromatic nitrogens is 2. The normalized spacial score (nSPS) is 16.8. The van der Waals surface area contributed by atoms with Crippen LogP contribution in [0.25, 0.3) is 11.4 Å². The second kappa shape index (κ2) is 8.11. The average molecular weight is 392 g/mol. The van der Waals surface area contributed by atoms with Gasteiger partial charge in [-0.25, -0.2) is 9.97 Å². The van der Waals surface area contributed by atoms with Gasteiger partial charge in [0.25, 0.3) is 5.91 Å². The summed E-state index contributed by atoms with van der Waals surface area (Å²) in [5.74, 6) is 0.972. The van der Waals surface area contributed by atoms with Gasteiger partial charge >= 0.3 is 0 Å². The predicted molar refractivity (Wildman–Crippen MR) is 112 cm³/mol. The molecule has 3 aromatic rings. The zero-order chi connectivity index (χ0) is 19.5. The van der Waals surface area contributed by atoms with Gasteiger partial charge in [0.05, 0.1) is 0 Å². The summed E-state index contributed by atoms with van der Waals surface area (Å²) in [6.07, 6.45) is 3.79. The third kappa shape index (κ3) is 4.07. The molecule has 2 heterocycles. The number of aryl methyl sites for hydroxylation is 1. The maximum Gasteiger partial charge on any atom is 0.253 e. The summed E-state index contributed by atoms with van der Waals surface area (Å²) >= 11 is 6.05. The second-order valence-corrected chi connectivity index (χ2v) is 7.71. The Hall–Kier alpha value is -2.72. The lowest BCUT2D eigenvalue weighted by molar-refractivity contribution is 0.0706. The Balaban J connectivity index is 1.54. The summed E-state index contributed by atoms with van der Waals surface area (Å²) in [6, 6.07) is 17.3. The summed E-state index contributed by atoms with van der Waals surface area (Å²) in [6.45, 7) is 3.49. The monoisotopic (exact) mass is 391 g/mol. The van der Waals surface area contributed by atoms with Crippen molar-refractivity contribution in [3.8, 4) is 11.4 Å². The number of carbonyl (C=O) groups excluding carboxylic acids is 1. The number of halogens is 1. The Morgan fingerprint density at radius 3 is 2.75 bits per heavy atom. The van der Waals surface area contributed by atoms with Crippen LogP contribution in [0.1, 0.15) is 40.4 Å². The van der Waals surface area contributed by atoms with E-state index in [1.165, 1.54) is 5.56 Å². The third-order valence-corrected chi connectivity index (χ3v) is 5.42. The van der Waals surface area contributed by atoms with Gasteiger partial charge in [-0.3, -0.25) is 4.79 Å². The van der Waals surface area contributed by atoms with Crippen LogP contribution in [0, 0.1) is 6.92 Å². The fraction of sp³-hybridized carbons (Fsp3) is 0.261. The van der Waals surface area contributed by atoms with Gasteiger partial charge in [-0.15, -0.1) is 0 Å². The van der Waals surface area contributed by atoms with Crippen LogP contribution < -0.4 is 0 Å². The molecule has 4 rings (SSSR count). The molecule has 1 aromatic heterocycles. The van der Waals surface area contributed by atoms with E-state index < -0.39 is 0 Å². The van der Waals surface area contributed by atoms with Gasteiger partial charge in [-0.05, 0) is 44.0 Å². The largest absolute Gasteiger partial charge is 0.338 e. The number of hydrogen-bond donors (Lipinski definition) is 0. The van der Waals surface area contributed by atoms with Crippen molar-refractivity contribution >= 4 is 17.5 Å². The topological polar surface area (TPSA) is 46.1 Å². The predicted octanol–water partition coefficient (Wildman–Crippen LogP) is 5.13. The molecule has 0 N–H and O–H groups in total. The molecule has 1 fully saturated rings. The van der Waals surface area contributed by atoms with Crippen LogP contribution in [0.2, 0.25) is 5.02 Å². The number of rotatable bonds is 3. The van der Waals surface area contributed by atoms with Crippen molar-refractivity contribution in [1.82, 2.24) is 14.9 Å². The Kier molecular flexibility index (Phi) is 5.40.